The van der Waals surface area contributed by atoms with Gasteiger partial charge in [-0.2, -0.15) is 0 Å². The maximum absolute atomic E-state index is 12.7. The minimum atomic E-state index is -1.05. The number of pyridine rings is 1. The maximum Gasteiger partial charge on any atom is 0.326 e. The van der Waals surface area contributed by atoms with Crippen LogP contribution in [0.5, 0.6) is 0 Å². The van der Waals surface area contributed by atoms with Gasteiger partial charge in [-0.05, 0) is 24.1 Å². The number of aliphatic carboxylic acids is 1. The number of fused-ring (bicyclic) bond motifs is 1. The first kappa shape index (κ1) is 15.0. The molecular formula is C17H16N2O4. The van der Waals surface area contributed by atoms with E-state index in [0.717, 1.165) is 11.1 Å². The van der Waals surface area contributed by atoms with Crippen molar-refractivity contribution in [2.24, 2.45) is 0 Å². The highest BCUT2D eigenvalue weighted by Gasteiger charge is 2.35. The fourth-order valence-corrected chi connectivity index (χ4v) is 2.93. The fraction of sp³-hybridized carbons (Fsp3) is 0.235. The number of amides is 1. The summed E-state index contributed by atoms with van der Waals surface area (Å²) in [5.41, 5.74) is 2.26. The van der Waals surface area contributed by atoms with Gasteiger partial charge in [0.2, 0.25) is 5.56 Å². The SMILES string of the molecule is Cc1cc(C(=O)N2Cc3ccccc3C[C@@H]2C(=O)O)cc(=O)[nH]1. The number of nitrogens with one attached hydrogen (secondary N) is 1. The first-order valence-corrected chi connectivity index (χ1v) is 7.27. The lowest BCUT2D eigenvalue weighted by molar-refractivity contribution is -0.142. The van der Waals surface area contributed by atoms with Crippen LogP contribution < -0.4 is 5.56 Å². The number of aryl methyl sites for hydroxylation is 1. The average molecular weight is 312 g/mol. The Morgan fingerprint density at radius 1 is 1.22 bits per heavy atom. The number of benzene rings is 1. The predicted octanol–water partition coefficient (Wildman–Crippen LogP) is 1.34. The molecule has 0 fully saturated rings. The zero-order valence-electron chi connectivity index (χ0n) is 12.6. The van der Waals surface area contributed by atoms with Crippen LogP contribution in [0.15, 0.2) is 41.2 Å². The van der Waals surface area contributed by atoms with Gasteiger partial charge in [-0.1, -0.05) is 24.3 Å². The van der Waals surface area contributed by atoms with Crippen LogP contribution in [-0.4, -0.2) is 32.9 Å². The largest absolute Gasteiger partial charge is 0.480 e. The highest BCUT2D eigenvalue weighted by Crippen LogP contribution is 2.25. The van der Waals surface area contributed by atoms with Crippen molar-refractivity contribution in [2.75, 3.05) is 0 Å². The standard InChI is InChI=1S/C17H16N2O4/c1-10-6-13(8-15(20)18-10)16(21)19-9-12-5-3-2-4-11(12)7-14(19)17(22)23/h2-6,8,14H,7,9H2,1H3,(H,18,20)(H,22,23)/t14-/m1/s1. The molecule has 1 aromatic heterocycles. The van der Waals surface area contributed by atoms with Crippen LogP contribution in [0.1, 0.15) is 27.2 Å². The summed E-state index contributed by atoms with van der Waals surface area (Å²) in [5.74, 6) is -1.49. The molecule has 1 amide bonds. The molecule has 1 aromatic carbocycles. The van der Waals surface area contributed by atoms with E-state index in [1.54, 1.807) is 13.0 Å². The van der Waals surface area contributed by atoms with E-state index in [0.29, 0.717) is 5.69 Å². The molecule has 0 unspecified atom stereocenters. The lowest BCUT2D eigenvalue weighted by Gasteiger charge is -2.34. The van der Waals surface area contributed by atoms with Crippen molar-refractivity contribution in [3.05, 3.63) is 69.1 Å². The van der Waals surface area contributed by atoms with Gasteiger partial charge in [0.15, 0.2) is 0 Å². The van der Waals surface area contributed by atoms with Crippen molar-refractivity contribution in [2.45, 2.75) is 25.9 Å². The van der Waals surface area contributed by atoms with E-state index in [1.807, 2.05) is 24.3 Å². The van der Waals surface area contributed by atoms with Gasteiger partial charge in [0.05, 0.1) is 0 Å². The Hall–Kier alpha value is -2.89. The summed E-state index contributed by atoms with van der Waals surface area (Å²) in [6, 6.07) is 9.31. The summed E-state index contributed by atoms with van der Waals surface area (Å²) in [6.07, 6.45) is 0.263. The highest BCUT2D eigenvalue weighted by atomic mass is 16.4. The number of carbonyl (C=O) groups is 2. The number of aromatic nitrogens is 1. The molecule has 1 aliphatic rings. The lowest BCUT2D eigenvalue weighted by atomic mass is 9.93. The Morgan fingerprint density at radius 2 is 1.91 bits per heavy atom. The summed E-state index contributed by atoms with van der Waals surface area (Å²) in [6.45, 7) is 1.90. The fourth-order valence-electron chi connectivity index (χ4n) is 2.93. The number of hydrogen-bond donors (Lipinski definition) is 2. The van der Waals surface area contributed by atoms with E-state index in [1.165, 1.54) is 11.0 Å². The average Bonchev–Trinajstić information content (AvgIpc) is 2.52. The Kier molecular flexibility index (Phi) is 3.73. The Balaban J connectivity index is 2.00. The van der Waals surface area contributed by atoms with Gasteiger partial charge in [-0.3, -0.25) is 9.59 Å². The topological polar surface area (TPSA) is 90.5 Å². The monoisotopic (exact) mass is 312 g/mol. The number of carbonyl (C=O) groups excluding carboxylic acids is 1. The second-order valence-corrected chi connectivity index (χ2v) is 5.68. The second kappa shape index (κ2) is 5.72. The summed E-state index contributed by atoms with van der Waals surface area (Å²) in [5, 5.41) is 9.48. The molecule has 2 N–H and O–H groups in total. The van der Waals surface area contributed by atoms with Crippen LogP contribution in [0.25, 0.3) is 0 Å². The third-order valence-electron chi connectivity index (χ3n) is 4.02. The quantitative estimate of drug-likeness (QED) is 0.875. The Morgan fingerprint density at radius 3 is 2.57 bits per heavy atom. The summed E-state index contributed by atoms with van der Waals surface area (Å²) in [4.78, 5) is 39.8. The minimum absolute atomic E-state index is 0.205. The first-order valence-electron chi connectivity index (χ1n) is 7.27. The van der Waals surface area contributed by atoms with Gasteiger partial charge in [-0.15, -0.1) is 0 Å². The molecule has 6 heteroatoms. The molecule has 0 saturated heterocycles. The second-order valence-electron chi connectivity index (χ2n) is 5.68. The molecule has 0 radical (unpaired) electrons. The van der Waals surface area contributed by atoms with Crippen molar-refractivity contribution in [1.82, 2.24) is 9.88 Å². The van der Waals surface area contributed by atoms with Gasteiger partial charge in [0.25, 0.3) is 5.91 Å². The Labute approximate surface area is 132 Å². The number of nitrogens with zero attached hydrogens (tertiary/aromatic N) is 1. The maximum atomic E-state index is 12.7. The zero-order valence-corrected chi connectivity index (χ0v) is 12.6. The minimum Gasteiger partial charge on any atom is -0.480 e. The predicted molar refractivity (Wildman–Crippen MR) is 83.2 cm³/mol. The number of carboxylic acids is 1. The Bertz CT molecular complexity index is 840. The van der Waals surface area contributed by atoms with Gasteiger partial charge in [-0.25, -0.2) is 4.79 Å². The highest BCUT2D eigenvalue weighted by molar-refractivity contribution is 5.97. The summed E-state index contributed by atoms with van der Waals surface area (Å²) >= 11 is 0. The molecule has 1 atom stereocenters. The lowest BCUT2D eigenvalue weighted by Crippen LogP contribution is -2.48. The van der Waals surface area contributed by atoms with Gasteiger partial charge in [0.1, 0.15) is 6.04 Å². The first-order chi connectivity index (χ1) is 11.0. The van der Waals surface area contributed by atoms with E-state index >= 15 is 0 Å². The molecule has 6 nitrogen and oxygen atoms in total. The number of aromatic amines is 1. The molecule has 0 bridgehead atoms. The number of H-pyrrole nitrogens is 1. The molecule has 2 aromatic rings. The molecule has 0 saturated carbocycles. The number of carboxylic acid groups (broad SMARTS) is 1. The molecule has 3 rings (SSSR count). The van der Waals surface area contributed by atoms with E-state index in [2.05, 4.69) is 4.98 Å². The van der Waals surface area contributed by atoms with Gasteiger partial charge >= 0.3 is 5.97 Å². The van der Waals surface area contributed by atoms with E-state index in [4.69, 9.17) is 0 Å². The van der Waals surface area contributed by atoms with Gasteiger partial charge in [0, 0.05) is 30.3 Å². The van der Waals surface area contributed by atoms with Crippen LogP contribution in [0.2, 0.25) is 0 Å². The van der Waals surface area contributed by atoms with Gasteiger partial charge < -0.3 is 15.0 Å². The van der Waals surface area contributed by atoms with E-state index < -0.39 is 17.9 Å². The summed E-state index contributed by atoms with van der Waals surface area (Å²) in [7, 11) is 0. The number of hydrogen-bond acceptors (Lipinski definition) is 3. The third kappa shape index (κ3) is 2.88. The van der Waals surface area contributed by atoms with Crippen molar-refractivity contribution in [3.63, 3.8) is 0 Å². The van der Waals surface area contributed by atoms with E-state index in [-0.39, 0.29) is 24.1 Å². The van der Waals surface area contributed by atoms with Crippen LogP contribution in [-0.2, 0) is 17.8 Å². The molecule has 1 aliphatic heterocycles. The molecule has 118 valence electrons. The molecule has 0 aliphatic carbocycles. The molecule has 2 heterocycles. The molecular weight excluding hydrogens is 296 g/mol. The van der Waals surface area contributed by atoms with Crippen molar-refractivity contribution < 1.29 is 14.7 Å². The van der Waals surface area contributed by atoms with Crippen molar-refractivity contribution in [3.8, 4) is 0 Å². The van der Waals surface area contributed by atoms with Crippen LogP contribution in [0, 0.1) is 6.92 Å². The zero-order chi connectivity index (χ0) is 16.6. The van der Waals surface area contributed by atoms with Crippen LogP contribution in [0.4, 0.5) is 0 Å². The van der Waals surface area contributed by atoms with E-state index in [9.17, 15) is 19.5 Å². The van der Waals surface area contributed by atoms with Crippen LogP contribution >= 0.6 is 0 Å². The van der Waals surface area contributed by atoms with Crippen LogP contribution in [0.3, 0.4) is 0 Å². The van der Waals surface area contributed by atoms with Crippen molar-refractivity contribution in [1.29, 1.82) is 0 Å². The third-order valence-corrected chi connectivity index (χ3v) is 4.02. The van der Waals surface area contributed by atoms with Crippen molar-refractivity contribution >= 4 is 11.9 Å². The number of rotatable bonds is 2. The molecule has 0 spiro atoms. The molecule has 23 heavy (non-hydrogen) atoms. The normalized spacial score (nSPS) is 16.7. The summed E-state index contributed by atoms with van der Waals surface area (Å²) < 4.78 is 0. The smallest absolute Gasteiger partial charge is 0.326 e.